The number of hydrogen-bond acceptors (Lipinski definition) is 2. The molecule has 0 saturated heterocycles. The third-order valence-corrected chi connectivity index (χ3v) is 4.11. The summed E-state index contributed by atoms with van der Waals surface area (Å²) in [5.74, 6) is -0.134. The Kier molecular flexibility index (Phi) is 8.10. The summed E-state index contributed by atoms with van der Waals surface area (Å²) >= 11 is 6.02. The molecule has 1 aromatic carbocycles. The van der Waals surface area contributed by atoms with Crippen molar-refractivity contribution in [2.24, 2.45) is 0 Å². The van der Waals surface area contributed by atoms with E-state index in [4.69, 9.17) is 11.6 Å². The molecule has 0 aromatic heterocycles. The highest BCUT2D eigenvalue weighted by Crippen LogP contribution is 2.16. The standard InChI is InChI=1S/C18H27ClN2O2/c1-5-8-17(22)21(12-15-9-7-10-16(19)11-15)14(4)18(23)20-13(3)6-2/h7,9-11,13-14H,5-6,8,12H2,1-4H3,(H,20,23)/t13-,14+/m1/s1. The molecule has 0 aliphatic rings. The second-order valence-corrected chi connectivity index (χ2v) is 6.33. The number of nitrogens with one attached hydrogen (secondary N) is 1. The van der Waals surface area contributed by atoms with Gasteiger partial charge in [0.05, 0.1) is 0 Å². The molecule has 0 fully saturated rings. The molecule has 0 aliphatic heterocycles. The van der Waals surface area contributed by atoms with Gasteiger partial charge in [0.15, 0.2) is 0 Å². The van der Waals surface area contributed by atoms with Gasteiger partial charge in [0.1, 0.15) is 6.04 Å². The zero-order valence-corrected chi connectivity index (χ0v) is 15.2. The lowest BCUT2D eigenvalue weighted by atomic mass is 10.1. The molecular formula is C18H27ClN2O2. The van der Waals surface area contributed by atoms with E-state index >= 15 is 0 Å². The van der Waals surface area contributed by atoms with E-state index in [1.54, 1.807) is 17.9 Å². The smallest absolute Gasteiger partial charge is 0.242 e. The zero-order valence-electron chi connectivity index (χ0n) is 14.4. The maximum Gasteiger partial charge on any atom is 0.242 e. The lowest BCUT2D eigenvalue weighted by molar-refractivity contribution is -0.140. The third kappa shape index (κ3) is 6.22. The SMILES string of the molecule is CCCC(=O)N(Cc1cccc(Cl)c1)[C@@H](C)C(=O)N[C@H](C)CC. The number of benzene rings is 1. The molecule has 0 bridgehead atoms. The van der Waals surface area contributed by atoms with Gasteiger partial charge >= 0.3 is 0 Å². The Bertz CT molecular complexity index is 534. The Labute approximate surface area is 144 Å². The summed E-state index contributed by atoms with van der Waals surface area (Å²) in [5.41, 5.74) is 0.921. The number of rotatable bonds is 8. The van der Waals surface area contributed by atoms with Crippen LogP contribution in [0.4, 0.5) is 0 Å². The summed E-state index contributed by atoms with van der Waals surface area (Å²) in [5, 5.41) is 3.57. The minimum Gasteiger partial charge on any atom is -0.352 e. The van der Waals surface area contributed by atoms with Crippen LogP contribution in [0.5, 0.6) is 0 Å². The quantitative estimate of drug-likeness (QED) is 0.784. The van der Waals surface area contributed by atoms with Crippen LogP contribution in [-0.4, -0.2) is 28.8 Å². The third-order valence-electron chi connectivity index (χ3n) is 3.87. The largest absolute Gasteiger partial charge is 0.352 e. The molecule has 5 heteroatoms. The lowest BCUT2D eigenvalue weighted by Crippen LogP contribution is -2.49. The monoisotopic (exact) mass is 338 g/mol. The molecule has 1 rings (SSSR count). The van der Waals surface area contributed by atoms with E-state index in [2.05, 4.69) is 5.32 Å². The Morgan fingerprint density at radius 3 is 2.52 bits per heavy atom. The van der Waals surface area contributed by atoms with Crippen molar-refractivity contribution >= 4 is 23.4 Å². The van der Waals surface area contributed by atoms with E-state index < -0.39 is 6.04 Å². The molecule has 23 heavy (non-hydrogen) atoms. The predicted octanol–water partition coefficient (Wildman–Crippen LogP) is 3.77. The van der Waals surface area contributed by atoms with Gasteiger partial charge in [-0.15, -0.1) is 0 Å². The fourth-order valence-electron chi connectivity index (χ4n) is 2.24. The van der Waals surface area contributed by atoms with Gasteiger partial charge in [-0.25, -0.2) is 0 Å². The second-order valence-electron chi connectivity index (χ2n) is 5.90. The minimum absolute atomic E-state index is 0.0146. The van der Waals surface area contributed by atoms with Crippen molar-refractivity contribution in [1.29, 1.82) is 0 Å². The van der Waals surface area contributed by atoms with Crippen LogP contribution < -0.4 is 5.32 Å². The highest BCUT2D eigenvalue weighted by Gasteiger charge is 2.26. The fraction of sp³-hybridized carbons (Fsp3) is 0.556. The van der Waals surface area contributed by atoms with E-state index in [0.29, 0.717) is 18.0 Å². The van der Waals surface area contributed by atoms with Crippen LogP contribution in [0, 0.1) is 0 Å². The summed E-state index contributed by atoms with van der Waals surface area (Å²) in [4.78, 5) is 26.5. The predicted molar refractivity (Wildman–Crippen MR) is 94.3 cm³/mol. The van der Waals surface area contributed by atoms with Gasteiger partial charge in [-0.3, -0.25) is 9.59 Å². The van der Waals surface area contributed by atoms with Gasteiger partial charge in [-0.2, -0.15) is 0 Å². The van der Waals surface area contributed by atoms with E-state index in [9.17, 15) is 9.59 Å². The second kappa shape index (κ2) is 9.56. The average Bonchev–Trinajstić information content (AvgIpc) is 2.52. The van der Waals surface area contributed by atoms with Crippen molar-refractivity contribution in [3.05, 3.63) is 34.9 Å². The molecule has 2 amide bonds. The van der Waals surface area contributed by atoms with Crippen molar-refractivity contribution in [2.45, 2.75) is 65.6 Å². The number of carbonyl (C=O) groups is 2. The summed E-state index contributed by atoms with van der Waals surface area (Å²) in [6.45, 7) is 8.09. The van der Waals surface area contributed by atoms with E-state index in [1.165, 1.54) is 0 Å². The van der Waals surface area contributed by atoms with Gasteiger partial charge in [0.2, 0.25) is 11.8 Å². The lowest BCUT2D eigenvalue weighted by Gasteiger charge is -2.29. The molecule has 0 unspecified atom stereocenters. The molecule has 0 spiro atoms. The van der Waals surface area contributed by atoms with Crippen molar-refractivity contribution in [1.82, 2.24) is 10.2 Å². The number of hydrogen-bond donors (Lipinski definition) is 1. The normalized spacial score (nSPS) is 13.3. The van der Waals surface area contributed by atoms with Gasteiger partial charge in [-0.1, -0.05) is 37.6 Å². The first-order chi connectivity index (χ1) is 10.9. The van der Waals surface area contributed by atoms with E-state index in [1.807, 2.05) is 39.0 Å². The minimum atomic E-state index is -0.512. The Morgan fingerprint density at radius 1 is 1.26 bits per heavy atom. The van der Waals surface area contributed by atoms with Crippen LogP contribution in [0.3, 0.4) is 0 Å². The number of amides is 2. The fourth-order valence-corrected chi connectivity index (χ4v) is 2.45. The van der Waals surface area contributed by atoms with Crippen LogP contribution in [0.2, 0.25) is 5.02 Å². The zero-order chi connectivity index (χ0) is 17.4. The van der Waals surface area contributed by atoms with Crippen molar-refractivity contribution in [3.63, 3.8) is 0 Å². The molecule has 0 radical (unpaired) electrons. The van der Waals surface area contributed by atoms with Crippen LogP contribution in [-0.2, 0) is 16.1 Å². The first-order valence-corrected chi connectivity index (χ1v) is 8.61. The summed E-state index contributed by atoms with van der Waals surface area (Å²) in [7, 11) is 0. The van der Waals surface area contributed by atoms with Gasteiger partial charge in [0.25, 0.3) is 0 Å². The Morgan fingerprint density at radius 2 is 1.96 bits per heavy atom. The number of carbonyl (C=O) groups excluding carboxylic acids is 2. The maximum absolute atomic E-state index is 12.4. The van der Waals surface area contributed by atoms with Crippen molar-refractivity contribution in [3.8, 4) is 0 Å². The molecule has 2 atom stereocenters. The van der Waals surface area contributed by atoms with Crippen LogP contribution in [0.1, 0.15) is 52.5 Å². The van der Waals surface area contributed by atoms with E-state index in [0.717, 1.165) is 18.4 Å². The molecule has 0 saturated carbocycles. The molecule has 0 aliphatic carbocycles. The first-order valence-electron chi connectivity index (χ1n) is 8.23. The molecule has 4 nitrogen and oxygen atoms in total. The van der Waals surface area contributed by atoms with Gasteiger partial charge in [-0.05, 0) is 44.4 Å². The molecule has 1 aromatic rings. The average molecular weight is 339 g/mol. The van der Waals surface area contributed by atoms with E-state index in [-0.39, 0.29) is 17.9 Å². The molecule has 128 valence electrons. The maximum atomic E-state index is 12.4. The molecule has 1 N–H and O–H groups in total. The summed E-state index contributed by atoms with van der Waals surface area (Å²) in [6.07, 6.45) is 2.04. The van der Waals surface area contributed by atoms with Crippen LogP contribution >= 0.6 is 11.6 Å². The van der Waals surface area contributed by atoms with Gasteiger partial charge < -0.3 is 10.2 Å². The molecule has 0 heterocycles. The van der Waals surface area contributed by atoms with Crippen molar-refractivity contribution < 1.29 is 9.59 Å². The highest BCUT2D eigenvalue weighted by molar-refractivity contribution is 6.30. The highest BCUT2D eigenvalue weighted by atomic mass is 35.5. The first kappa shape index (κ1) is 19.5. The Balaban J connectivity index is 2.91. The van der Waals surface area contributed by atoms with Crippen LogP contribution in [0.15, 0.2) is 24.3 Å². The van der Waals surface area contributed by atoms with Gasteiger partial charge in [0, 0.05) is 24.0 Å². The summed E-state index contributed by atoms with van der Waals surface area (Å²) in [6, 6.07) is 6.97. The molecular weight excluding hydrogens is 312 g/mol. The van der Waals surface area contributed by atoms with Crippen molar-refractivity contribution in [2.75, 3.05) is 0 Å². The topological polar surface area (TPSA) is 49.4 Å². The van der Waals surface area contributed by atoms with Crippen LogP contribution in [0.25, 0.3) is 0 Å². The number of halogens is 1. The Hall–Kier alpha value is -1.55. The summed E-state index contributed by atoms with van der Waals surface area (Å²) < 4.78 is 0. The number of nitrogens with zero attached hydrogens (tertiary/aromatic N) is 1.